The fourth-order valence-electron chi connectivity index (χ4n) is 1.01. The van der Waals surface area contributed by atoms with Gasteiger partial charge in [0.15, 0.2) is 0 Å². The number of rotatable bonds is 4. The molecule has 0 atom stereocenters. The minimum absolute atomic E-state index is 0.727. The lowest BCUT2D eigenvalue weighted by molar-refractivity contribution is 0.372. The maximum absolute atomic E-state index is 4.22. The van der Waals surface area contributed by atoms with Crippen LogP contribution < -0.4 is 0 Å². The quantitative estimate of drug-likeness (QED) is 0.632. The maximum Gasteiger partial charge on any atom is 0.0425 e. The average Bonchev–Trinajstić information content (AvgIpc) is 2.17. The van der Waals surface area contributed by atoms with E-state index < -0.39 is 0 Å². The van der Waals surface area contributed by atoms with E-state index in [4.69, 9.17) is 0 Å². The molecule has 4 heteroatoms. The Kier molecular flexibility index (Phi) is 5.24. The van der Waals surface area contributed by atoms with Crippen LogP contribution in [0.3, 0.4) is 0 Å². The zero-order chi connectivity index (χ0) is 9.68. The highest BCUT2D eigenvalue weighted by Crippen LogP contribution is 2.17. The normalized spacial score (nSPS) is 10.8. The van der Waals surface area contributed by atoms with Crippen LogP contribution >= 0.6 is 41.2 Å². The largest absolute Gasteiger partial charge is 0.281 e. The van der Waals surface area contributed by atoms with Gasteiger partial charge in [0.25, 0.3) is 0 Å². The molecule has 0 aromatic heterocycles. The second-order valence-electron chi connectivity index (χ2n) is 2.70. The van der Waals surface area contributed by atoms with Crippen LogP contribution in [0.25, 0.3) is 0 Å². The van der Waals surface area contributed by atoms with Crippen LogP contribution in [0.5, 0.6) is 0 Å². The van der Waals surface area contributed by atoms with Crippen LogP contribution in [0, 0.1) is 0 Å². The zero-order valence-electron chi connectivity index (χ0n) is 7.15. The van der Waals surface area contributed by atoms with Gasteiger partial charge in [-0.15, -0.1) is 0 Å². The molecule has 0 aliphatic heterocycles. The number of benzene rings is 1. The van der Waals surface area contributed by atoms with Gasteiger partial charge in [0.05, 0.1) is 0 Å². The third-order valence-corrected chi connectivity index (χ3v) is 3.33. The smallest absolute Gasteiger partial charge is 0.0425 e. The summed E-state index contributed by atoms with van der Waals surface area (Å²) in [7, 11) is 0. The molecule has 0 bridgehead atoms. The molecule has 0 saturated heterocycles. The van der Waals surface area contributed by atoms with Crippen molar-refractivity contribution in [3.63, 3.8) is 0 Å². The average molecular weight is 278 g/mol. The van der Waals surface area contributed by atoms with E-state index in [1.54, 1.807) is 0 Å². The lowest BCUT2D eigenvalue weighted by Gasteiger charge is -2.17. The maximum atomic E-state index is 4.22. The molecule has 0 heterocycles. The molecule has 0 radical (unpaired) electrons. The van der Waals surface area contributed by atoms with Crippen molar-refractivity contribution in [1.82, 2.24) is 4.90 Å². The molecule has 0 aliphatic rings. The number of hydrogen-bond acceptors (Lipinski definition) is 3. The van der Waals surface area contributed by atoms with Gasteiger partial charge >= 0.3 is 0 Å². The molecule has 1 aromatic rings. The summed E-state index contributed by atoms with van der Waals surface area (Å²) in [5.41, 5.74) is 1.27. The second kappa shape index (κ2) is 5.96. The Morgan fingerprint density at radius 1 is 1.15 bits per heavy atom. The first-order chi connectivity index (χ1) is 6.27. The van der Waals surface area contributed by atoms with E-state index in [-0.39, 0.29) is 0 Å². The summed E-state index contributed by atoms with van der Waals surface area (Å²) in [5, 5.41) is 0. The van der Waals surface area contributed by atoms with Crippen molar-refractivity contribution in [3.8, 4) is 0 Å². The van der Waals surface area contributed by atoms with Crippen molar-refractivity contribution in [2.45, 2.75) is 6.54 Å². The highest BCUT2D eigenvalue weighted by atomic mass is 79.9. The molecule has 0 amide bonds. The Balaban J connectivity index is 2.67. The number of halogens is 1. The lowest BCUT2D eigenvalue weighted by atomic mass is 10.2. The third kappa shape index (κ3) is 3.54. The fraction of sp³-hybridized carbons (Fsp3) is 0.333. The molecule has 1 nitrogen and oxygen atoms in total. The molecular formula is C9H12BrNS2. The molecule has 72 valence electrons. The minimum atomic E-state index is 0.727. The van der Waals surface area contributed by atoms with Crippen LogP contribution in [0.4, 0.5) is 0 Å². The molecule has 0 N–H and O–H groups in total. The SMILES string of the molecule is SCN(CS)Cc1ccccc1Br. The molecule has 1 aromatic carbocycles. The van der Waals surface area contributed by atoms with Crippen molar-refractivity contribution < 1.29 is 0 Å². The monoisotopic (exact) mass is 277 g/mol. The summed E-state index contributed by atoms with van der Waals surface area (Å²) in [6, 6.07) is 8.20. The lowest BCUT2D eigenvalue weighted by Crippen LogP contribution is -2.19. The van der Waals surface area contributed by atoms with Crippen LogP contribution in [0.15, 0.2) is 28.7 Å². The first-order valence-electron chi connectivity index (χ1n) is 3.95. The van der Waals surface area contributed by atoms with E-state index in [9.17, 15) is 0 Å². The minimum Gasteiger partial charge on any atom is -0.281 e. The van der Waals surface area contributed by atoms with Gasteiger partial charge in [-0.25, -0.2) is 0 Å². The Labute approximate surface area is 98.5 Å². The van der Waals surface area contributed by atoms with Gasteiger partial charge in [-0.3, -0.25) is 4.90 Å². The Morgan fingerprint density at radius 2 is 1.77 bits per heavy atom. The summed E-state index contributed by atoms with van der Waals surface area (Å²) < 4.78 is 1.14. The van der Waals surface area contributed by atoms with E-state index in [1.807, 2.05) is 18.2 Å². The molecule has 0 fully saturated rings. The van der Waals surface area contributed by atoms with Crippen molar-refractivity contribution in [2.24, 2.45) is 0 Å². The highest BCUT2D eigenvalue weighted by molar-refractivity contribution is 9.10. The summed E-state index contributed by atoms with van der Waals surface area (Å²) in [6.45, 7) is 0.883. The van der Waals surface area contributed by atoms with Crippen molar-refractivity contribution in [3.05, 3.63) is 34.3 Å². The Bertz CT molecular complexity index is 264. The van der Waals surface area contributed by atoms with Gasteiger partial charge in [0.1, 0.15) is 0 Å². The number of nitrogens with zero attached hydrogens (tertiary/aromatic N) is 1. The van der Waals surface area contributed by atoms with E-state index in [1.165, 1.54) is 5.56 Å². The first-order valence-corrected chi connectivity index (χ1v) is 6.01. The van der Waals surface area contributed by atoms with Crippen molar-refractivity contribution >= 4 is 41.2 Å². The molecule has 0 saturated carbocycles. The van der Waals surface area contributed by atoms with Crippen LogP contribution in [0.1, 0.15) is 5.56 Å². The molecule has 0 aliphatic carbocycles. The second-order valence-corrected chi connectivity index (χ2v) is 4.12. The number of hydrogen-bond donors (Lipinski definition) is 2. The first kappa shape index (κ1) is 11.4. The van der Waals surface area contributed by atoms with E-state index in [0.29, 0.717) is 0 Å². The predicted molar refractivity (Wildman–Crippen MR) is 67.4 cm³/mol. The topological polar surface area (TPSA) is 3.24 Å². The van der Waals surface area contributed by atoms with Crippen molar-refractivity contribution in [2.75, 3.05) is 11.8 Å². The highest BCUT2D eigenvalue weighted by Gasteiger charge is 2.03. The molecular weight excluding hydrogens is 266 g/mol. The van der Waals surface area contributed by atoms with Gasteiger partial charge in [-0.05, 0) is 11.6 Å². The van der Waals surface area contributed by atoms with Crippen LogP contribution in [-0.4, -0.2) is 16.7 Å². The molecule has 0 spiro atoms. The summed E-state index contributed by atoms with van der Waals surface area (Å²) >= 11 is 12.0. The van der Waals surface area contributed by atoms with Gasteiger partial charge in [0, 0.05) is 22.8 Å². The molecule has 0 unspecified atom stereocenters. The van der Waals surface area contributed by atoms with E-state index in [2.05, 4.69) is 52.2 Å². The summed E-state index contributed by atoms with van der Waals surface area (Å²) in [6.07, 6.45) is 0. The molecule has 13 heavy (non-hydrogen) atoms. The fourth-order valence-corrected chi connectivity index (χ4v) is 1.98. The third-order valence-electron chi connectivity index (χ3n) is 1.75. The van der Waals surface area contributed by atoms with Gasteiger partial charge in [-0.1, -0.05) is 34.1 Å². The van der Waals surface area contributed by atoms with Crippen LogP contribution in [-0.2, 0) is 6.54 Å². The number of thiol groups is 2. The standard InChI is InChI=1S/C9H12BrNS2/c10-9-4-2-1-3-8(9)5-11(6-12)7-13/h1-4,12-13H,5-7H2. The van der Waals surface area contributed by atoms with Gasteiger partial charge in [-0.2, -0.15) is 25.3 Å². The summed E-state index contributed by atoms with van der Waals surface area (Å²) in [5.74, 6) is 1.45. The summed E-state index contributed by atoms with van der Waals surface area (Å²) in [4.78, 5) is 2.13. The van der Waals surface area contributed by atoms with E-state index >= 15 is 0 Å². The van der Waals surface area contributed by atoms with Crippen molar-refractivity contribution in [1.29, 1.82) is 0 Å². The Hall–Kier alpha value is 0.360. The predicted octanol–water partition coefficient (Wildman–Crippen LogP) is 3.03. The zero-order valence-corrected chi connectivity index (χ0v) is 10.5. The molecule has 1 rings (SSSR count). The van der Waals surface area contributed by atoms with Gasteiger partial charge in [0.2, 0.25) is 0 Å². The van der Waals surface area contributed by atoms with E-state index in [0.717, 1.165) is 22.8 Å². The Morgan fingerprint density at radius 3 is 2.31 bits per heavy atom. The van der Waals surface area contributed by atoms with Crippen LogP contribution in [0.2, 0.25) is 0 Å². The van der Waals surface area contributed by atoms with Gasteiger partial charge < -0.3 is 0 Å².